The molecule has 10 heteroatoms. The van der Waals surface area contributed by atoms with E-state index in [0.717, 1.165) is 31.2 Å². The van der Waals surface area contributed by atoms with Crippen molar-refractivity contribution in [2.24, 2.45) is 11.1 Å². The van der Waals surface area contributed by atoms with Crippen LogP contribution >= 0.6 is 11.6 Å². The maximum atomic E-state index is 13.1. The highest BCUT2D eigenvalue weighted by molar-refractivity contribution is 7.90. The van der Waals surface area contributed by atoms with Gasteiger partial charge in [0.25, 0.3) is 0 Å². The van der Waals surface area contributed by atoms with Crippen LogP contribution < -0.4 is 5.32 Å². The van der Waals surface area contributed by atoms with Gasteiger partial charge >= 0.3 is 0 Å². The number of oxime groups is 1. The third-order valence-corrected chi connectivity index (χ3v) is 6.62. The smallest absolute Gasteiger partial charge is 0.233 e. The van der Waals surface area contributed by atoms with E-state index in [0.29, 0.717) is 17.8 Å². The van der Waals surface area contributed by atoms with E-state index in [1.54, 1.807) is 12.1 Å². The number of carbonyl (C=O) groups is 1. The monoisotopic (exact) mass is 450 g/mol. The Balaban J connectivity index is 1.88. The van der Waals surface area contributed by atoms with E-state index < -0.39 is 15.8 Å². The molecule has 1 N–H and O–H groups in total. The summed E-state index contributed by atoms with van der Waals surface area (Å²) in [6, 6.07) is 4.64. The van der Waals surface area contributed by atoms with E-state index in [4.69, 9.17) is 16.4 Å². The number of nitrogens with one attached hydrogen (secondary N) is 1. The van der Waals surface area contributed by atoms with Gasteiger partial charge in [-0.05, 0) is 49.3 Å². The van der Waals surface area contributed by atoms with Crippen molar-refractivity contribution in [2.45, 2.75) is 36.5 Å². The van der Waals surface area contributed by atoms with Crippen molar-refractivity contribution in [3.63, 3.8) is 0 Å². The van der Waals surface area contributed by atoms with Crippen LogP contribution in [0.25, 0.3) is 0 Å². The summed E-state index contributed by atoms with van der Waals surface area (Å²) in [5, 5.41) is 6.91. The maximum Gasteiger partial charge on any atom is 0.233 e. The molecule has 1 aliphatic carbocycles. The van der Waals surface area contributed by atoms with E-state index in [-0.39, 0.29) is 21.7 Å². The van der Waals surface area contributed by atoms with Gasteiger partial charge in [0.2, 0.25) is 5.91 Å². The topological polar surface area (TPSA) is 111 Å². The van der Waals surface area contributed by atoms with E-state index in [2.05, 4.69) is 20.4 Å². The van der Waals surface area contributed by atoms with Crippen LogP contribution in [0.5, 0.6) is 0 Å². The summed E-state index contributed by atoms with van der Waals surface area (Å²) in [5.74, 6) is -0.204. The molecule has 0 saturated heterocycles. The molecule has 2 unspecified atom stereocenters. The number of benzene rings is 1. The average Bonchev–Trinajstić information content (AvgIpc) is 3.13. The van der Waals surface area contributed by atoms with Crippen molar-refractivity contribution in [1.82, 2.24) is 9.97 Å². The molecule has 160 valence electrons. The largest absolute Gasteiger partial charge is 0.399 e. The van der Waals surface area contributed by atoms with Gasteiger partial charge in [-0.2, -0.15) is 0 Å². The summed E-state index contributed by atoms with van der Waals surface area (Å²) in [6.45, 7) is 0. The summed E-state index contributed by atoms with van der Waals surface area (Å²) in [6.07, 6.45) is 8.60. The molecule has 0 radical (unpaired) electrons. The molecule has 1 aromatic heterocycles. The van der Waals surface area contributed by atoms with Crippen molar-refractivity contribution >= 4 is 38.9 Å². The highest BCUT2D eigenvalue weighted by atomic mass is 35.5. The summed E-state index contributed by atoms with van der Waals surface area (Å²) < 4.78 is 23.8. The van der Waals surface area contributed by atoms with Crippen LogP contribution in [0.1, 0.15) is 37.2 Å². The lowest BCUT2D eigenvalue weighted by atomic mass is 9.87. The molecule has 0 aliphatic heterocycles. The van der Waals surface area contributed by atoms with E-state index >= 15 is 0 Å². The molecule has 30 heavy (non-hydrogen) atoms. The fourth-order valence-corrected chi connectivity index (χ4v) is 5.00. The lowest BCUT2D eigenvalue weighted by Crippen LogP contribution is -2.24. The number of aromatic nitrogens is 2. The number of amides is 1. The van der Waals surface area contributed by atoms with Crippen molar-refractivity contribution < 1.29 is 18.0 Å². The second kappa shape index (κ2) is 9.53. The Morgan fingerprint density at radius 3 is 2.83 bits per heavy atom. The van der Waals surface area contributed by atoms with Crippen molar-refractivity contribution in [2.75, 3.05) is 18.7 Å². The highest BCUT2D eigenvalue weighted by Crippen LogP contribution is 2.36. The van der Waals surface area contributed by atoms with Crippen LogP contribution in [0.3, 0.4) is 0 Å². The Kier molecular flexibility index (Phi) is 7.04. The Morgan fingerprint density at radius 2 is 2.20 bits per heavy atom. The van der Waals surface area contributed by atoms with Gasteiger partial charge in [-0.25, -0.2) is 13.4 Å². The first-order chi connectivity index (χ1) is 14.3. The predicted molar refractivity (Wildman–Crippen MR) is 114 cm³/mol. The first-order valence-electron chi connectivity index (χ1n) is 9.43. The molecule has 3 rings (SSSR count). The number of rotatable bonds is 7. The molecule has 8 nitrogen and oxygen atoms in total. The minimum Gasteiger partial charge on any atom is -0.399 e. The molecule has 1 saturated carbocycles. The van der Waals surface area contributed by atoms with Gasteiger partial charge in [0.05, 0.1) is 27.7 Å². The van der Waals surface area contributed by atoms with E-state index in [9.17, 15) is 13.2 Å². The Labute approximate surface area is 180 Å². The van der Waals surface area contributed by atoms with Gasteiger partial charge in [0.1, 0.15) is 7.11 Å². The van der Waals surface area contributed by atoms with Crippen LogP contribution in [0, 0.1) is 5.92 Å². The fourth-order valence-electron chi connectivity index (χ4n) is 3.66. The number of carbonyl (C=O) groups excluding carboxylic acids is 1. The highest BCUT2D eigenvalue weighted by Gasteiger charge is 2.30. The second-order valence-electron chi connectivity index (χ2n) is 7.28. The fraction of sp³-hybridized carbons (Fsp3) is 0.400. The van der Waals surface area contributed by atoms with E-state index in [1.165, 1.54) is 31.8 Å². The van der Waals surface area contributed by atoms with Gasteiger partial charge in [0.15, 0.2) is 15.7 Å². The second-order valence-corrected chi connectivity index (χ2v) is 9.67. The molecule has 0 bridgehead atoms. The molecule has 1 aliphatic rings. The minimum atomic E-state index is -3.46. The standard InChI is InChI=1S/C20H23ClN4O4S/c1-29-25-15-5-3-13(9-15)10-16(20(26)24-19-12-22-7-8-23-19)14-4-6-18(17(21)11-14)30(2,27)28/h4,6-8,11-13,16H,3,5,9-10H2,1-2H3,(H,23,24,26). The van der Waals surface area contributed by atoms with Gasteiger partial charge in [-0.1, -0.05) is 22.8 Å². The summed E-state index contributed by atoms with van der Waals surface area (Å²) in [5.41, 5.74) is 1.62. The normalized spacial score (nSPS) is 18.9. The first kappa shape index (κ1) is 22.2. The molecule has 1 heterocycles. The summed E-state index contributed by atoms with van der Waals surface area (Å²) in [4.78, 5) is 26.1. The summed E-state index contributed by atoms with van der Waals surface area (Å²) in [7, 11) is -1.94. The number of sulfone groups is 1. The molecule has 0 spiro atoms. The molecular formula is C20H23ClN4O4S. The predicted octanol–water partition coefficient (Wildman–Crippen LogP) is 3.45. The lowest BCUT2D eigenvalue weighted by molar-refractivity contribution is -0.118. The molecular weight excluding hydrogens is 428 g/mol. The number of hydrogen-bond donors (Lipinski definition) is 1. The quantitative estimate of drug-likeness (QED) is 0.647. The molecule has 2 atom stereocenters. The summed E-state index contributed by atoms with van der Waals surface area (Å²) >= 11 is 6.24. The van der Waals surface area contributed by atoms with Crippen LogP contribution in [-0.2, 0) is 19.5 Å². The number of halogens is 1. The van der Waals surface area contributed by atoms with Gasteiger partial charge < -0.3 is 10.2 Å². The Hall–Kier alpha value is -2.52. The van der Waals surface area contributed by atoms with Crippen molar-refractivity contribution in [3.05, 3.63) is 47.4 Å². The minimum absolute atomic E-state index is 0.0383. The van der Waals surface area contributed by atoms with Gasteiger partial charge in [-0.15, -0.1) is 0 Å². The number of anilines is 1. The number of hydrogen-bond acceptors (Lipinski definition) is 7. The zero-order chi connectivity index (χ0) is 21.7. The maximum absolute atomic E-state index is 13.1. The van der Waals surface area contributed by atoms with Gasteiger partial charge in [0, 0.05) is 18.6 Å². The zero-order valence-electron chi connectivity index (χ0n) is 16.7. The van der Waals surface area contributed by atoms with Crippen LogP contribution in [0.15, 0.2) is 46.8 Å². The third-order valence-electron chi connectivity index (χ3n) is 5.04. The molecule has 1 fully saturated rings. The van der Waals surface area contributed by atoms with E-state index in [1.807, 2.05) is 0 Å². The Bertz CT molecular complexity index is 1040. The van der Waals surface area contributed by atoms with Crippen LogP contribution in [0.4, 0.5) is 5.82 Å². The third kappa shape index (κ3) is 5.54. The molecule has 1 aromatic carbocycles. The number of nitrogens with zero attached hydrogens (tertiary/aromatic N) is 3. The average molecular weight is 451 g/mol. The SMILES string of the molecule is CON=C1CCC(CC(C(=O)Nc2cnccn2)c2ccc(S(C)(=O)=O)c(Cl)c2)C1. The van der Waals surface area contributed by atoms with Gasteiger partial charge in [-0.3, -0.25) is 9.78 Å². The molecule has 2 aromatic rings. The molecule has 1 amide bonds. The van der Waals surface area contributed by atoms with Crippen molar-refractivity contribution in [1.29, 1.82) is 0 Å². The van der Waals surface area contributed by atoms with Crippen LogP contribution in [-0.4, -0.2) is 43.4 Å². The zero-order valence-corrected chi connectivity index (χ0v) is 18.3. The first-order valence-corrected chi connectivity index (χ1v) is 11.7. The van der Waals surface area contributed by atoms with Crippen LogP contribution in [0.2, 0.25) is 5.02 Å². The van der Waals surface area contributed by atoms with Crippen molar-refractivity contribution in [3.8, 4) is 0 Å². The lowest BCUT2D eigenvalue weighted by Gasteiger charge is -2.21. The Morgan fingerprint density at radius 1 is 1.40 bits per heavy atom.